The standard InChI is InChI=1S/C12H27NS/c1-6-12(7-2,10-14)9-13(5)8-11(3)4/h11,14H,6-10H2,1-5H3. The minimum atomic E-state index is 0.423. The maximum absolute atomic E-state index is 4.50. The van der Waals surface area contributed by atoms with Crippen molar-refractivity contribution in [1.82, 2.24) is 4.90 Å². The zero-order chi connectivity index (χ0) is 11.2. The molecule has 0 aliphatic carbocycles. The minimum Gasteiger partial charge on any atom is -0.306 e. The zero-order valence-electron chi connectivity index (χ0n) is 10.5. The lowest BCUT2D eigenvalue weighted by atomic mass is 9.84. The first-order valence-corrected chi connectivity index (χ1v) is 6.42. The van der Waals surface area contributed by atoms with Gasteiger partial charge >= 0.3 is 0 Å². The Morgan fingerprint density at radius 3 is 2.00 bits per heavy atom. The van der Waals surface area contributed by atoms with Gasteiger partial charge in [0.05, 0.1) is 0 Å². The average molecular weight is 217 g/mol. The summed E-state index contributed by atoms with van der Waals surface area (Å²) < 4.78 is 0. The molecule has 0 amide bonds. The highest BCUT2D eigenvalue weighted by Crippen LogP contribution is 2.28. The van der Waals surface area contributed by atoms with Gasteiger partial charge in [-0.15, -0.1) is 0 Å². The van der Waals surface area contributed by atoms with Crippen LogP contribution in [0.1, 0.15) is 40.5 Å². The van der Waals surface area contributed by atoms with E-state index in [0.29, 0.717) is 5.41 Å². The van der Waals surface area contributed by atoms with Gasteiger partial charge in [-0.2, -0.15) is 12.6 Å². The first kappa shape index (κ1) is 14.3. The predicted molar refractivity (Wildman–Crippen MR) is 69.2 cm³/mol. The van der Waals surface area contributed by atoms with Crippen LogP contribution in [0, 0.1) is 11.3 Å². The smallest absolute Gasteiger partial charge is 0.00426 e. The monoisotopic (exact) mass is 217 g/mol. The van der Waals surface area contributed by atoms with E-state index in [9.17, 15) is 0 Å². The average Bonchev–Trinajstić information content (AvgIpc) is 2.13. The lowest BCUT2D eigenvalue weighted by Gasteiger charge is -2.35. The number of thiol groups is 1. The van der Waals surface area contributed by atoms with Crippen LogP contribution in [-0.2, 0) is 0 Å². The molecule has 0 aliphatic heterocycles. The van der Waals surface area contributed by atoms with E-state index in [1.54, 1.807) is 0 Å². The van der Waals surface area contributed by atoms with Crippen molar-refractivity contribution in [1.29, 1.82) is 0 Å². The van der Waals surface area contributed by atoms with Gasteiger partial charge in [0.15, 0.2) is 0 Å². The molecule has 0 saturated heterocycles. The molecular formula is C12H27NS. The third kappa shape index (κ3) is 4.70. The van der Waals surface area contributed by atoms with Crippen LogP contribution in [0.2, 0.25) is 0 Å². The van der Waals surface area contributed by atoms with Crippen LogP contribution in [0.25, 0.3) is 0 Å². The Balaban J connectivity index is 4.15. The SMILES string of the molecule is CCC(CC)(CS)CN(C)CC(C)C. The molecule has 0 bridgehead atoms. The Hall–Kier alpha value is 0.310. The van der Waals surface area contributed by atoms with E-state index in [4.69, 9.17) is 0 Å². The summed E-state index contributed by atoms with van der Waals surface area (Å²) in [7, 11) is 2.23. The van der Waals surface area contributed by atoms with Gasteiger partial charge in [-0.1, -0.05) is 27.7 Å². The van der Waals surface area contributed by atoms with Crippen LogP contribution in [-0.4, -0.2) is 30.8 Å². The van der Waals surface area contributed by atoms with Crippen LogP contribution < -0.4 is 0 Å². The lowest BCUT2D eigenvalue weighted by Crippen LogP contribution is -2.38. The molecule has 0 aliphatic rings. The van der Waals surface area contributed by atoms with Gasteiger partial charge in [0.2, 0.25) is 0 Å². The van der Waals surface area contributed by atoms with E-state index in [1.807, 2.05) is 0 Å². The van der Waals surface area contributed by atoms with E-state index >= 15 is 0 Å². The summed E-state index contributed by atoms with van der Waals surface area (Å²) >= 11 is 4.50. The lowest BCUT2D eigenvalue weighted by molar-refractivity contribution is 0.172. The van der Waals surface area contributed by atoms with E-state index in [2.05, 4.69) is 52.3 Å². The van der Waals surface area contributed by atoms with Gasteiger partial charge in [-0.05, 0) is 37.0 Å². The molecule has 0 unspecified atom stereocenters. The van der Waals surface area contributed by atoms with E-state index in [0.717, 1.165) is 11.7 Å². The second-order valence-electron chi connectivity index (χ2n) is 4.96. The van der Waals surface area contributed by atoms with Crippen molar-refractivity contribution in [3.05, 3.63) is 0 Å². The Labute approximate surface area is 95.7 Å². The Morgan fingerprint density at radius 1 is 1.21 bits per heavy atom. The van der Waals surface area contributed by atoms with Crippen molar-refractivity contribution in [2.75, 3.05) is 25.9 Å². The summed E-state index contributed by atoms with van der Waals surface area (Å²) in [5.41, 5.74) is 0.423. The Kier molecular flexibility index (Phi) is 6.88. The third-order valence-corrected chi connectivity index (χ3v) is 3.79. The molecule has 0 saturated carbocycles. The van der Waals surface area contributed by atoms with E-state index in [-0.39, 0.29) is 0 Å². The number of nitrogens with zero attached hydrogens (tertiary/aromatic N) is 1. The fraction of sp³-hybridized carbons (Fsp3) is 1.00. The summed E-state index contributed by atoms with van der Waals surface area (Å²) in [6.45, 7) is 11.5. The molecule has 0 heterocycles. The molecule has 14 heavy (non-hydrogen) atoms. The molecule has 0 aromatic heterocycles. The normalized spacial score (nSPS) is 12.9. The van der Waals surface area contributed by atoms with Gasteiger partial charge in [-0.3, -0.25) is 0 Å². The molecule has 0 atom stereocenters. The van der Waals surface area contributed by atoms with Crippen LogP contribution in [0.4, 0.5) is 0 Å². The molecule has 0 N–H and O–H groups in total. The van der Waals surface area contributed by atoms with Crippen molar-refractivity contribution in [3.8, 4) is 0 Å². The minimum absolute atomic E-state index is 0.423. The fourth-order valence-corrected chi connectivity index (χ4v) is 2.55. The van der Waals surface area contributed by atoms with Crippen molar-refractivity contribution < 1.29 is 0 Å². The molecular weight excluding hydrogens is 190 g/mol. The predicted octanol–water partition coefficient (Wildman–Crippen LogP) is 3.31. The Bertz CT molecular complexity index is 133. The van der Waals surface area contributed by atoms with Crippen LogP contribution >= 0.6 is 12.6 Å². The second-order valence-corrected chi connectivity index (χ2v) is 5.27. The summed E-state index contributed by atoms with van der Waals surface area (Å²) in [5.74, 6) is 1.76. The largest absolute Gasteiger partial charge is 0.306 e. The highest BCUT2D eigenvalue weighted by atomic mass is 32.1. The molecule has 0 aromatic rings. The first-order chi connectivity index (χ1) is 6.49. The van der Waals surface area contributed by atoms with Gasteiger partial charge in [-0.25, -0.2) is 0 Å². The molecule has 0 fully saturated rings. The number of hydrogen-bond acceptors (Lipinski definition) is 2. The summed E-state index contributed by atoms with van der Waals surface area (Å²) in [6, 6.07) is 0. The van der Waals surface area contributed by atoms with Gasteiger partial charge in [0, 0.05) is 13.1 Å². The molecule has 0 radical (unpaired) electrons. The highest BCUT2D eigenvalue weighted by molar-refractivity contribution is 7.80. The molecule has 0 aromatic carbocycles. The van der Waals surface area contributed by atoms with Crippen molar-refractivity contribution in [2.24, 2.45) is 11.3 Å². The number of hydrogen-bond donors (Lipinski definition) is 1. The molecule has 1 nitrogen and oxygen atoms in total. The van der Waals surface area contributed by atoms with Crippen LogP contribution in [0.3, 0.4) is 0 Å². The van der Waals surface area contributed by atoms with Crippen LogP contribution in [0.5, 0.6) is 0 Å². The maximum Gasteiger partial charge on any atom is 0.00426 e. The molecule has 0 rings (SSSR count). The highest BCUT2D eigenvalue weighted by Gasteiger charge is 2.25. The quantitative estimate of drug-likeness (QED) is 0.640. The second kappa shape index (κ2) is 6.73. The van der Waals surface area contributed by atoms with Crippen molar-refractivity contribution in [3.63, 3.8) is 0 Å². The first-order valence-electron chi connectivity index (χ1n) is 5.79. The van der Waals surface area contributed by atoms with Gasteiger partial charge in [0.1, 0.15) is 0 Å². The van der Waals surface area contributed by atoms with Crippen molar-refractivity contribution >= 4 is 12.6 Å². The number of rotatable bonds is 7. The Morgan fingerprint density at radius 2 is 1.71 bits per heavy atom. The fourth-order valence-electron chi connectivity index (χ4n) is 2.01. The maximum atomic E-state index is 4.50. The van der Waals surface area contributed by atoms with Crippen LogP contribution in [0.15, 0.2) is 0 Å². The van der Waals surface area contributed by atoms with Crippen molar-refractivity contribution in [2.45, 2.75) is 40.5 Å². The van der Waals surface area contributed by atoms with Gasteiger partial charge < -0.3 is 4.90 Å². The summed E-state index contributed by atoms with van der Waals surface area (Å²) in [5, 5.41) is 0. The zero-order valence-corrected chi connectivity index (χ0v) is 11.4. The van der Waals surface area contributed by atoms with Gasteiger partial charge in [0.25, 0.3) is 0 Å². The third-order valence-electron chi connectivity index (χ3n) is 3.12. The van der Waals surface area contributed by atoms with E-state index in [1.165, 1.54) is 25.9 Å². The molecule has 2 heteroatoms. The summed E-state index contributed by atoms with van der Waals surface area (Å²) in [4.78, 5) is 2.45. The topological polar surface area (TPSA) is 3.24 Å². The van der Waals surface area contributed by atoms with E-state index < -0.39 is 0 Å². The molecule has 86 valence electrons. The summed E-state index contributed by atoms with van der Waals surface area (Å²) in [6.07, 6.45) is 2.46. The molecule has 0 spiro atoms.